The van der Waals surface area contributed by atoms with Crippen molar-refractivity contribution in [2.75, 3.05) is 0 Å². The SMILES string of the molecule is c1ccc(-c2nc(-c3ccccc3)nc(-n3c4ccccc4c4c5ccccc5n(-c5ccc6sc7ccc(-n8c9ccccc9c9cccnc98)cc7c6c5)c43)n2)cc1. The molecule has 0 aliphatic heterocycles. The molecule has 0 saturated heterocycles. The van der Waals surface area contributed by atoms with Gasteiger partial charge in [0.25, 0.3) is 0 Å². The molecule has 0 aliphatic carbocycles. The van der Waals surface area contributed by atoms with Gasteiger partial charge in [0, 0.05) is 75.8 Å². The van der Waals surface area contributed by atoms with Crippen molar-refractivity contribution in [3.8, 4) is 40.1 Å². The predicted octanol–water partition coefficient (Wildman–Crippen LogP) is 13.1. The fraction of sp³-hybridized carbons (Fsp3) is 0. The van der Waals surface area contributed by atoms with Crippen LogP contribution < -0.4 is 0 Å². The van der Waals surface area contributed by atoms with E-state index in [-0.39, 0.29) is 0 Å². The summed E-state index contributed by atoms with van der Waals surface area (Å²) in [5.74, 6) is 1.80. The molecule has 0 radical (unpaired) electrons. The number of aromatic nitrogens is 7. The molecule has 0 saturated carbocycles. The Morgan fingerprint density at radius 3 is 1.50 bits per heavy atom. The molecule has 0 spiro atoms. The summed E-state index contributed by atoms with van der Waals surface area (Å²) in [5, 5.41) is 8.21. The summed E-state index contributed by atoms with van der Waals surface area (Å²) in [6, 6.07) is 64.1. The monoisotopic (exact) mass is 785 g/mol. The van der Waals surface area contributed by atoms with Gasteiger partial charge in [-0.3, -0.25) is 13.7 Å². The number of thiophene rings is 1. The molecule has 6 heterocycles. The van der Waals surface area contributed by atoms with Crippen LogP contribution in [-0.2, 0) is 0 Å². The lowest BCUT2D eigenvalue weighted by Gasteiger charge is -2.14. The lowest BCUT2D eigenvalue weighted by molar-refractivity contribution is 0.933. The Labute approximate surface area is 346 Å². The van der Waals surface area contributed by atoms with E-state index in [0.717, 1.165) is 66.5 Å². The van der Waals surface area contributed by atoms with Crippen LogP contribution in [-0.4, -0.2) is 33.6 Å². The van der Waals surface area contributed by atoms with Crippen LogP contribution in [0.5, 0.6) is 0 Å². The van der Waals surface area contributed by atoms with Gasteiger partial charge in [0.15, 0.2) is 11.6 Å². The molecule has 60 heavy (non-hydrogen) atoms. The average Bonchev–Trinajstić information content (AvgIpc) is 4.05. The summed E-state index contributed by atoms with van der Waals surface area (Å²) in [6.45, 7) is 0. The zero-order valence-electron chi connectivity index (χ0n) is 31.9. The fourth-order valence-corrected chi connectivity index (χ4v) is 10.2. The average molecular weight is 786 g/mol. The largest absolute Gasteiger partial charge is 0.295 e. The molecule has 7 nitrogen and oxygen atoms in total. The quantitative estimate of drug-likeness (QED) is 0.174. The van der Waals surface area contributed by atoms with E-state index in [9.17, 15) is 0 Å². The standard InChI is InChI=1S/C52H31N7S/c1-3-14-32(15-4-1)48-54-49(33-16-5-2-6-17-33)56-52(55-48)59-44-24-12-9-20-39(44)47-38-19-8-11-23-43(38)58(51(47)59)35-26-28-46-41(31-35)40-30-34(25-27-45(40)60-46)57-42-22-10-7-18-36(42)37-21-13-29-53-50(37)57/h1-31H. The Kier molecular flexibility index (Phi) is 7.05. The van der Waals surface area contributed by atoms with E-state index in [4.69, 9.17) is 19.9 Å². The minimum Gasteiger partial charge on any atom is -0.295 e. The number of fused-ring (bicyclic) bond motifs is 11. The van der Waals surface area contributed by atoms with E-state index in [0.29, 0.717) is 17.6 Å². The summed E-state index contributed by atoms with van der Waals surface area (Å²) >= 11 is 1.82. The molecule has 0 unspecified atom stereocenters. The second kappa shape index (κ2) is 12.8. The molecule has 280 valence electrons. The highest BCUT2D eigenvalue weighted by Gasteiger charge is 2.25. The summed E-state index contributed by atoms with van der Waals surface area (Å²) in [7, 11) is 0. The lowest BCUT2D eigenvalue weighted by Crippen LogP contribution is -2.08. The van der Waals surface area contributed by atoms with Crippen LogP contribution in [0.25, 0.3) is 115 Å². The number of para-hydroxylation sites is 3. The molecule has 13 aromatic rings. The van der Waals surface area contributed by atoms with Crippen molar-refractivity contribution in [2.24, 2.45) is 0 Å². The van der Waals surface area contributed by atoms with Crippen molar-refractivity contribution < 1.29 is 0 Å². The molecular weight excluding hydrogens is 755 g/mol. The van der Waals surface area contributed by atoms with Gasteiger partial charge in [-0.05, 0) is 66.7 Å². The van der Waals surface area contributed by atoms with Crippen molar-refractivity contribution >= 4 is 86.3 Å². The normalized spacial score (nSPS) is 12.0. The molecule has 6 aromatic heterocycles. The second-order valence-corrected chi connectivity index (χ2v) is 16.2. The number of nitrogens with zero attached hydrogens (tertiary/aromatic N) is 7. The van der Waals surface area contributed by atoms with Crippen molar-refractivity contribution in [3.63, 3.8) is 0 Å². The zero-order valence-corrected chi connectivity index (χ0v) is 32.8. The van der Waals surface area contributed by atoms with Gasteiger partial charge in [-0.2, -0.15) is 9.97 Å². The third-order valence-electron chi connectivity index (χ3n) is 11.7. The third-order valence-corrected chi connectivity index (χ3v) is 12.9. The molecule has 7 aromatic carbocycles. The van der Waals surface area contributed by atoms with Gasteiger partial charge in [0.1, 0.15) is 11.3 Å². The maximum Gasteiger partial charge on any atom is 0.239 e. The molecule has 0 bridgehead atoms. The lowest BCUT2D eigenvalue weighted by atomic mass is 10.1. The fourth-order valence-electron chi connectivity index (χ4n) is 9.15. The summed E-state index contributed by atoms with van der Waals surface area (Å²) in [4.78, 5) is 20.4. The molecular formula is C52H31N7S. The van der Waals surface area contributed by atoms with Gasteiger partial charge in [-0.25, -0.2) is 9.97 Å². The molecule has 0 N–H and O–H groups in total. The summed E-state index contributed by atoms with van der Waals surface area (Å²) in [6.07, 6.45) is 1.88. The minimum absolute atomic E-state index is 0.560. The van der Waals surface area contributed by atoms with Gasteiger partial charge in [0.2, 0.25) is 5.95 Å². The Morgan fingerprint density at radius 1 is 0.383 bits per heavy atom. The topological polar surface area (TPSA) is 66.3 Å². The van der Waals surface area contributed by atoms with Crippen molar-refractivity contribution in [1.82, 2.24) is 33.6 Å². The van der Waals surface area contributed by atoms with Crippen LogP contribution in [0.15, 0.2) is 188 Å². The zero-order chi connectivity index (χ0) is 39.3. The highest BCUT2D eigenvalue weighted by molar-refractivity contribution is 7.25. The number of hydrogen-bond acceptors (Lipinski definition) is 5. The maximum atomic E-state index is 5.26. The number of pyridine rings is 1. The van der Waals surface area contributed by atoms with Crippen molar-refractivity contribution in [3.05, 3.63) is 188 Å². The third kappa shape index (κ3) is 4.82. The van der Waals surface area contributed by atoms with E-state index in [1.165, 1.54) is 30.9 Å². The Hall–Kier alpha value is -7.94. The highest BCUT2D eigenvalue weighted by Crippen LogP contribution is 2.43. The van der Waals surface area contributed by atoms with Gasteiger partial charge in [-0.15, -0.1) is 11.3 Å². The van der Waals surface area contributed by atoms with Crippen LogP contribution >= 0.6 is 11.3 Å². The van der Waals surface area contributed by atoms with E-state index >= 15 is 0 Å². The number of benzene rings is 7. The summed E-state index contributed by atoms with van der Waals surface area (Å²) in [5.41, 5.74) is 9.23. The second-order valence-electron chi connectivity index (χ2n) is 15.1. The predicted molar refractivity (Wildman–Crippen MR) is 247 cm³/mol. The van der Waals surface area contributed by atoms with Crippen molar-refractivity contribution in [2.45, 2.75) is 0 Å². The first-order valence-corrected chi connectivity index (χ1v) is 20.8. The first kappa shape index (κ1) is 33.1. The summed E-state index contributed by atoms with van der Waals surface area (Å²) < 4.78 is 9.39. The number of hydrogen-bond donors (Lipinski definition) is 0. The van der Waals surface area contributed by atoms with Gasteiger partial charge in [0.05, 0.1) is 16.6 Å². The van der Waals surface area contributed by atoms with E-state index in [1.807, 2.05) is 60.0 Å². The van der Waals surface area contributed by atoms with Crippen LogP contribution in [0.4, 0.5) is 0 Å². The van der Waals surface area contributed by atoms with Crippen molar-refractivity contribution in [1.29, 1.82) is 0 Å². The molecule has 0 amide bonds. The number of rotatable bonds is 5. The van der Waals surface area contributed by atoms with Crippen LogP contribution in [0.2, 0.25) is 0 Å². The first-order chi connectivity index (χ1) is 29.8. The van der Waals surface area contributed by atoms with E-state index in [2.05, 4.69) is 153 Å². The van der Waals surface area contributed by atoms with Crippen LogP contribution in [0, 0.1) is 0 Å². The molecule has 13 rings (SSSR count). The highest BCUT2D eigenvalue weighted by atomic mass is 32.1. The Morgan fingerprint density at radius 2 is 0.883 bits per heavy atom. The van der Waals surface area contributed by atoms with Gasteiger partial charge < -0.3 is 0 Å². The molecule has 8 heteroatoms. The van der Waals surface area contributed by atoms with Crippen LogP contribution in [0.1, 0.15) is 0 Å². The van der Waals surface area contributed by atoms with E-state index < -0.39 is 0 Å². The van der Waals surface area contributed by atoms with Gasteiger partial charge >= 0.3 is 0 Å². The maximum absolute atomic E-state index is 5.26. The molecule has 0 atom stereocenters. The van der Waals surface area contributed by atoms with Crippen LogP contribution in [0.3, 0.4) is 0 Å². The molecule has 0 fully saturated rings. The first-order valence-electron chi connectivity index (χ1n) is 20.0. The van der Waals surface area contributed by atoms with E-state index in [1.54, 1.807) is 0 Å². The smallest absolute Gasteiger partial charge is 0.239 e. The Balaban J connectivity index is 1.09. The Bertz CT molecular complexity index is 3730. The van der Waals surface area contributed by atoms with Gasteiger partial charge in [-0.1, -0.05) is 115 Å². The minimum atomic E-state index is 0.560. The molecule has 0 aliphatic rings.